The molecule has 0 heterocycles. The number of aliphatic hydroxyl groups is 1. The van der Waals surface area contributed by atoms with Crippen LogP contribution in [0.2, 0.25) is 0 Å². The van der Waals surface area contributed by atoms with Gasteiger partial charge < -0.3 is 10.0 Å². The van der Waals surface area contributed by atoms with Gasteiger partial charge in [0.25, 0.3) is 0 Å². The fraction of sp³-hybridized carbons (Fsp3) is 0.385. The Bertz CT molecular complexity index is 320. The quantitative estimate of drug-likeness (QED) is 0.747. The summed E-state index contributed by atoms with van der Waals surface area (Å²) in [5, 5.41) is 9.26. The molecule has 0 atom stereocenters. The van der Waals surface area contributed by atoms with Crippen molar-refractivity contribution < 1.29 is 5.11 Å². The molecule has 2 nitrogen and oxygen atoms in total. The van der Waals surface area contributed by atoms with E-state index < -0.39 is 0 Å². The highest BCUT2D eigenvalue weighted by Gasteiger charge is 2.11. The van der Waals surface area contributed by atoms with Gasteiger partial charge in [-0.25, -0.2) is 0 Å². The van der Waals surface area contributed by atoms with Gasteiger partial charge in [0.15, 0.2) is 0 Å². The first kappa shape index (κ1) is 11.8. The Kier molecular flexibility index (Phi) is 4.37. The van der Waals surface area contributed by atoms with Gasteiger partial charge in [-0.2, -0.15) is 0 Å². The minimum Gasteiger partial charge on any atom is -0.392 e. The van der Waals surface area contributed by atoms with Crippen LogP contribution in [-0.2, 0) is 6.61 Å². The van der Waals surface area contributed by atoms with E-state index in [0.29, 0.717) is 6.04 Å². The van der Waals surface area contributed by atoms with E-state index in [1.54, 1.807) is 0 Å². The van der Waals surface area contributed by atoms with E-state index >= 15 is 0 Å². The van der Waals surface area contributed by atoms with E-state index in [1.807, 2.05) is 30.3 Å². The average molecular weight is 205 g/mol. The maximum Gasteiger partial charge on any atom is 0.0702 e. The molecule has 0 aliphatic heterocycles. The summed E-state index contributed by atoms with van der Waals surface area (Å²) in [4.78, 5) is 2.22. The number of aliphatic hydroxyl groups excluding tert-OH is 1. The highest BCUT2D eigenvalue weighted by atomic mass is 16.3. The van der Waals surface area contributed by atoms with Crippen LogP contribution in [0.3, 0.4) is 0 Å². The van der Waals surface area contributed by atoms with Crippen LogP contribution < -0.4 is 4.90 Å². The second kappa shape index (κ2) is 5.56. The maximum absolute atomic E-state index is 9.26. The molecule has 0 aliphatic carbocycles. The van der Waals surface area contributed by atoms with Crippen molar-refractivity contribution in [2.24, 2.45) is 0 Å². The Morgan fingerprint density at radius 2 is 2.07 bits per heavy atom. The SMILES string of the molecule is C=CCN(c1ccccc1CO)C(C)C. The van der Waals surface area contributed by atoms with Crippen LogP contribution in [-0.4, -0.2) is 17.7 Å². The minimum absolute atomic E-state index is 0.0799. The zero-order valence-corrected chi connectivity index (χ0v) is 9.48. The second-order valence-corrected chi connectivity index (χ2v) is 3.82. The summed E-state index contributed by atoms with van der Waals surface area (Å²) >= 11 is 0. The van der Waals surface area contributed by atoms with E-state index in [0.717, 1.165) is 17.8 Å². The number of anilines is 1. The third kappa shape index (κ3) is 2.83. The highest BCUT2D eigenvalue weighted by Crippen LogP contribution is 2.22. The molecule has 0 aromatic heterocycles. The topological polar surface area (TPSA) is 23.5 Å². The molecule has 1 aromatic rings. The van der Waals surface area contributed by atoms with Crippen LogP contribution >= 0.6 is 0 Å². The van der Waals surface area contributed by atoms with Gasteiger partial charge in [-0.15, -0.1) is 6.58 Å². The number of hydrogen-bond donors (Lipinski definition) is 1. The average Bonchev–Trinajstić information content (AvgIpc) is 2.25. The van der Waals surface area contributed by atoms with Crippen LogP contribution in [0.15, 0.2) is 36.9 Å². The Morgan fingerprint density at radius 1 is 1.40 bits per heavy atom. The third-order valence-corrected chi connectivity index (χ3v) is 2.42. The molecule has 0 saturated heterocycles. The molecule has 0 spiro atoms. The van der Waals surface area contributed by atoms with E-state index in [-0.39, 0.29) is 6.61 Å². The minimum atomic E-state index is 0.0799. The van der Waals surface area contributed by atoms with Gasteiger partial charge in [0.1, 0.15) is 0 Å². The van der Waals surface area contributed by atoms with Gasteiger partial charge in [0.2, 0.25) is 0 Å². The number of benzene rings is 1. The van der Waals surface area contributed by atoms with Gasteiger partial charge >= 0.3 is 0 Å². The zero-order valence-electron chi connectivity index (χ0n) is 9.48. The molecule has 0 radical (unpaired) electrons. The predicted octanol–water partition coefficient (Wildman–Crippen LogP) is 2.58. The third-order valence-electron chi connectivity index (χ3n) is 2.42. The van der Waals surface area contributed by atoms with Crippen molar-refractivity contribution in [1.82, 2.24) is 0 Å². The van der Waals surface area contributed by atoms with Crippen molar-refractivity contribution >= 4 is 5.69 Å². The van der Waals surface area contributed by atoms with Crippen LogP contribution in [0.1, 0.15) is 19.4 Å². The van der Waals surface area contributed by atoms with Gasteiger partial charge in [-0.05, 0) is 19.9 Å². The molecule has 15 heavy (non-hydrogen) atoms. The molecule has 1 rings (SSSR count). The van der Waals surface area contributed by atoms with Crippen molar-refractivity contribution in [1.29, 1.82) is 0 Å². The predicted molar refractivity (Wildman–Crippen MR) is 65.0 cm³/mol. The number of hydrogen-bond acceptors (Lipinski definition) is 2. The number of nitrogens with zero attached hydrogens (tertiary/aromatic N) is 1. The zero-order chi connectivity index (χ0) is 11.3. The molecular formula is C13H19NO. The second-order valence-electron chi connectivity index (χ2n) is 3.82. The lowest BCUT2D eigenvalue weighted by atomic mass is 10.1. The standard InChI is InChI=1S/C13H19NO/c1-4-9-14(11(2)3)13-8-6-5-7-12(13)10-15/h4-8,11,15H,1,9-10H2,2-3H3. The van der Waals surface area contributed by atoms with E-state index in [9.17, 15) is 5.11 Å². The van der Waals surface area contributed by atoms with E-state index in [2.05, 4.69) is 25.3 Å². The summed E-state index contributed by atoms with van der Waals surface area (Å²) in [5.74, 6) is 0. The molecule has 0 amide bonds. The molecule has 0 fully saturated rings. The van der Waals surface area contributed by atoms with Gasteiger partial charge in [-0.3, -0.25) is 0 Å². The Morgan fingerprint density at radius 3 is 2.60 bits per heavy atom. The first-order chi connectivity index (χ1) is 7.20. The highest BCUT2D eigenvalue weighted by molar-refractivity contribution is 5.54. The van der Waals surface area contributed by atoms with Crippen LogP contribution in [0.4, 0.5) is 5.69 Å². The smallest absolute Gasteiger partial charge is 0.0702 e. The molecule has 2 heteroatoms. The molecule has 0 saturated carbocycles. The van der Waals surface area contributed by atoms with Crippen molar-refractivity contribution in [3.63, 3.8) is 0 Å². The fourth-order valence-corrected chi connectivity index (χ4v) is 1.65. The Balaban J connectivity index is 3.03. The Hall–Kier alpha value is -1.28. The summed E-state index contributed by atoms with van der Waals surface area (Å²) < 4.78 is 0. The van der Waals surface area contributed by atoms with E-state index in [1.165, 1.54) is 0 Å². The largest absolute Gasteiger partial charge is 0.392 e. The van der Waals surface area contributed by atoms with Gasteiger partial charge in [0, 0.05) is 23.8 Å². The molecule has 1 aromatic carbocycles. The summed E-state index contributed by atoms with van der Waals surface area (Å²) in [7, 11) is 0. The van der Waals surface area contributed by atoms with E-state index in [4.69, 9.17) is 0 Å². The van der Waals surface area contributed by atoms with Gasteiger partial charge in [-0.1, -0.05) is 24.3 Å². The molecule has 0 aliphatic rings. The normalized spacial score (nSPS) is 10.4. The molecule has 82 valence electrons. The molecule has 1 N–H and O–H groups in total. The van der Waals surface area contributed by atoms with Crippen molar-refractivity contribution in [3.8, 4) is 0 Å². The monoisotopic (exact) mass is 205 g/mol. The lowest BCUT2D eigenvalue weighted by Crippen LogP contribution is -2.31. The lowest BCUT2D eigenvalue weighted by Gasteiger charge is -2.29. The van der Waals surface area contributed by atoms with Crippen molar-refractivity contribution in [3.05, 3.63) is 42.5 Å². The number of rotatable bonds is 5. The molecule has 0 bridgehead atoms. The maximum atomic E-state index is 9.26. The first-order valence-electron chi connectivity index (χ1n) is 5.27. The summed E-state index contributed by atoms with van der Waals surface area (Å²) in [5.41, 5.74) is 2.06. The summed E-state index contributed by atoms with van der Waals surface area (Å²) in [6.07, 6.45) is 1.88. The van der Waals surface area contributed by atoms with Gasteiger partial charge in [0.05, 0.1) is 6.61 Å². The fourth-order valence-electron chi connectivity index (χ4n) is 1.65. The summed E-state index contributed by atoms with van der Waals surface area (Å²) in [6, 6.07) is 8.33. The molecule has 0 unspecified atom stereocenters. The van der Waals surface area contributed by atoms with Crippen LogP contribution in [0.25, 0.3) is 0 Å². The number of para-hydroxylation sites is 1. The first-order valence-corrected chi connectivity index (χ1v) is 5.27. The summed E-state index contributed by atoms with van der Waals surface area (Å²) in [6.45, 7) is 8.91. The molecular weight excluding hydrogens is 186 g/mol. The van der Waals surface area contributed by atoms with Crippen molar-refractivity contribution in [2.75, 3.05) is 11.4 Å². The van der Waals surface area contributed by atoms with Crippen molar-refractivity contribution in [2.45, 2.75) is 26.5 Å². The Labute approximate surface area is 91.9 Å². The van der Waals surface area contributed by atoms with Crippen LogP contribution in [0.5, 0.6) is 0 Å². The lowest BCUT2D eigenvalue weighted by molar-refractivity contribution is 0.282. The van der Waals surface area contributed by atoms with Crippen LogP contribution in [0, 0.1) is 0 Å².